The third-order valence-corrected chi connectivity index (χ3v) is 5.25. The van der Waals surface area contributed by atoms with Gasteiger partial charge in [0, 0.05) is 11.1 Å². The molecule has 0 radical (unpaired) electrons. The van der Waals surface area contributed by atoms with Gasteiger partial charge in [-0.2, -0.15) is 0 Å². The monoisotopic (exact) mass is 363 g/mol. The first-order valence-corrected chi connectivity index (χ1v) is 9.72. The number of nitrogens with zero attached hydrogens (tertiary/aromatic N) is 1. The number of fused-ring (bicyclic) bond motifs is 3. The molecule has 0 aliphatic carbocycles. The quantitative estimate of drug-likeness (QED) is 0.614. The van der Waals surface area contributed by atoms with Crippen LogP contribution in [0, 0.1) is 0 Å². The Balaban J connectivity index is 1.96. The molecule has 1 aliphatic rings. The number of carbonyl (C=O) groups is 1. The fourth-order valence-electron chi connectivity index (χ4n) is 4.13. The van der Waals surface area contributed by atoms with Gasteiger partial charge in [0.15, 0.2) is 0 Å². The molecule has 0 bridgehead atoms. The first-order chi connectivity index (χ1) is 13.2. The highest BCUT2D eigenvalue weighted by atomic mass is 16.5. The molecule has 140 valence electrons. The van der Waals surface area contributed by atoms with Gasteiger partial charge in [0.05, 0.1) is 30.8 Å². The zero-order valence-corrected chi connectivity index (χ0v) is 15.9. The molecule has 0 fully saturated rings. The van der Waals surface area contributed by atoms with Crippen molar-refractivity contribution in [2.24, 2.45) is 0 Å². The van der Waals surface area contributed by atoms with Gasteiger partial charge in [0.1, 0.15) is 6.10 Å². The lowest BCUT2D eigenvalue weighted by Gasteiger charge is -2.26. The van der Waals surface area contributed by atoms with Crippen molar-refractivity contribution in [2.75, 3.05) is 13.2 Å². The van der Waals surface area contributed by atoms with Crippen LogP contribution >= 0.6 is 0 Å². The van der Waals surface area contributed by atoms with Gasteiger partial charge in [0.25, 0.3) is 0 Å². The molecule has 0 saturated carbocycles. The van der Waals surface area contributed by atoms with Crippen molar-refractivity contribution in [1.29, 1.82) is 0 Å². The standard InChI is InChI=1S/C23H25NO3/c1-3-16-9-8-12-18-19-13-14-27-20(15-21(25)26-4-2)23(19)24(22(16)18)17-10-6-5-7-11-17/h5-12,20H,3-4,13-15H2,1-2H3. The van der Waals surface area contributed by atoms with E-state index in [4.69, 9.17) is 9.47 Å². The van der Waals surface area contributed by atoms with Crippen LogP contribution in [0.1, 0.15) is 43.2 Å². The van der Waals surface area contributed by atoms with Gasteiger partial charge >= 0.3 is 5.97 Å². The number of aryl methyl sites for hydroxylation is 1. The zero-order chi connectivity index (χ0) is 18.8. The second-order valence-corrected chi connectivity index (χ2v) is 6.82. The first kappa shape index (κ1) is 17.8. The Morgan fingerprint density at radius 2 is 1.96 bits per heavy atom. The number of para-hydroxylation sites is 2. The molecule has 1 unspecified atom stereocenters. The maximum atomic E-state index is 12.2. The summed E-state index contributed by atoms with van der Waals surface area (Å²) in [5.74, 6) is -0.212. The SMILES string of the molecule is CCOC(=O)CC1OCCc2c1n(-c1ccccc1)c1c(CC)cccc21. The highest BCUT2D eigenvalue weighted by Crippen LogP contribution is 2.40. The number of carbonyl (C=O) groups excluding carboxylic acids is 1. The van der Waals surface area contributed by atoms with E-state index in [0.29, 0.717) is 13.2 Å². The molecule has 4 heteroatoms. The summed E-state index contributed by atoms with van der Waals surface area (Å²) in [6.45, 7) is 5.03. The summed E-state index contributed by atoms with van der Waals surface area (Å²) in [6, 6.07) is 16.9. The van der Waals surface area contributed by atoms with Crippen LogP contribution in [0.4, 0.5) is 0 Å². The molecule has 27 heavy (non-hydrogen) atoms. The van der Waals surface area contributed by atoms with E-state index in [-0.39, 0.29) is 18.5 Å². The Kier molecular flexibility index (Phi) is 4.99. The van der Waals surface area contributed by atoms with Gasteiger partial charge < -0.3 is 14.0 Å². The molecule has 4 nitrogen and oxygen atoms in total. The Hall–Kier alpha value is -2.59. The Morgan fingerprint density at radius 1 is 1.15 bits per heavy atom. The summed E-state index contributed by atoms with van der Waals surface area (Å²) < 4.78 is 13.6. The van der Waals surface area contributed by atoms with E-state index >= 15 is 0 Å². The Bertz CT molecular complexity index is 959. The van der Waals surface area contributed by atoms with Gasteiger partial charge in [-0.15, -0.1) is 0 Å². The van der Waals surface area contributed by atoms with Gasteiger partial charge in [-0.25, -0.2) is 0 Å². The molecule has 1 aliphatic heterocycles. The van der Waals surface area contributed by atoms with Gasteiger partial charge in [-0.3, -0.25) is 4.79 Å². The zero-order valence-electron chi connectivity index (χ0n) is 15.9. The molecule has 1 aromatic heterocycles. The maximum Gasteiger partial charge on any atom is 0.308 e. The van der Waals surface area contributed by atoms with Crippen LogP contribution in [0.25, 0.3) is 16.6 Å². The van der Waals surface area contributed by atoms with Crippen LogP contribution in [-0.4, -0.2) is 23.8 Å². The fraction of sp³-hybridized carbons (Fsp3) is 0.348. The molecule has 3 aromatic rings. The number of esters is 1. The molecule has 0 amide bonds. The topological polar surface area (TPSA) is 40.5 Å². The number of rotatable bonds is 5. The van der Waals surface area contributed by atoms with E-state index in [0.717, 1.165) is 24.2 Å². The molecule has 2 aromatic carbocycles. The van der Waals surface area contributed by atoms with Crippen LogP contribution in [0.15, 0.2) is 48.5 Å². The molecular formula is C23H25NO3. The molecule has 1 atom stereocenters. The largest absolute Gasteiger partial charge is 0.466 e. The molecule has 0 spiro atoms. The Labute approximate surface area is 159 Å². The second-order valence-electron chi connectivity index (χ2n) is 6.82. The third-order valence-electron chi connectivity index (χ3n) is 5.25. The fourth-order valence-corrected chi connectivity index (χ4v) is 4.13. The summed E-state index contributed by atoms with van der Waals surface area (Å²) in [4.78, 5) is 12.2. The molecule has 0 saturated heterocycles. The van der Waals surface area contributed by atoms with Crippen molar-refractivity contribution in [3.05, 3.63) is 65.4 Å². The number of ether oxygens (including phenoxy) is 2. The molecule has 0 N–H and O–H groups in total. The van der Waals surface area contributed by atoms with Gasteiger partial charge in [-0.1, -0.05) is 43.3 Å². The average molecular weight is 363 g/mol. The maximum absolute atomic E-state index is 12.2. The molecule has 2 heterocycles. The van der Waals surface area contributed by atoms with Crippen LogP contribution in [0.5, 0.6) is 0 Å². The number of hydrogen-bond acceptors (Lipinski definition) is 3. The van der Waals surface area contributed by atoms with E-state index in [1.54, 1.807) is 0 Å². The predicted molar refractivity (Wildman–Crippen MR) is 106 cm³/mol. The minimum atomic E-state index is -0.287. The number of aromatic nitrogens is 1. The van der Waals surface area contributed by atoms with E-state index in [2.05, 4.69) is 41.8 Å². The highest BCUT2D eigenvalue weighted by molar-refractivity contribution is 5.90. The van der Waals surface area contributed by atoms with Crippen molar-refractivity contribution < 1.29 is 14.3 Å². The summed E-state index contributed by atoms with van der Waals surface area (Å²) in [5, 5.41) is 1.27. The van der Waals surface area contributed by atoms with Crippen molar-refractivity contribution in [3.63, 3.8) is 0 Å². The van der Waals surface area contributed by atoms with Crippen LogP contribution in [0.2, 0.25) is 0 Å². The first-order valence-electron chi connectivity index (χ1n) is 9.72. The van der Waals surface area contributed by atoms with E-state index in [1.807, 2.05) is 25.1 Å². The summed E-state index contributed by atoms with van der Waals surface area (Å²) in [5.41, 5.74) is 6.03. The lowest BCUT2D eigenvalue weighted by molar-refractivity contribution is -0.146. The predicted octanol–water partition coefficient (Wildman–Crippen LogP) is 4.76. The Morgan fingerprint density at radius 3 is 2.70 bits per heavy atom. The minimum absolute atomic E-state index is 0.212. The van der Waals surface area contributed by atoms with Crippen molar-refractivity contribution in [3.8, 4) is 5.69 Å². The minimum Gasteiger partial charge on any atom is -0.466 e. The average Bonchev–Trinajstić information content (AvgIpc) is 3.04. The highest BCUT2D eigenvalue weighted by Gasteiger charge is 2.31. The normalized spacial score (nSPS) is 16.3. The van der Waals surface area contributed by atoms with Crippen molar-refractivity contribution in [2.45, 2.75) is 39.2 Å². The van der Waals surface area contributed by atoms with Crippen molar-refractivity contribution >= 4 is 16.9 Å². The lowest BCUT2D eigenvalue weighted by Crippen LogP contribution is -2.22. The summed E-state index contributed by atoms with van der Waals surface area (Å²) >= 11 is 0. The van der Waals surface area contributed by atoms with E-state index in [9.17, 15) is 4.79 Å². The molecule has 4 rings (SSSR count). The number of benzene rings is 2. The van der Waals surface area contributed by atoms with Crippen LogP contribution < -0.4 is 0 Å². The van der Waals surface area contributed by atoms with E-state index in [1.165, 1.54) is 22.0 Å². The summed E-state index contributed by atoms with van der Waals surface area (Å²) in [7, 11) is 0. The summed E-state index contributed by atoms with van der Waals surface area (Å²) in [6.07, 6.45) is 1.77. The van der Waals surface area contributed by atoms with E-state index < -0.39 is 0 Å². The van der Waals surface area contributed by atoms with Crippen LogP contribution in [0.3, 0.4) is 0 Å². The second kappa shape index (κ2) is 7.57. The van der Waals surface area contributed by atoms with Crippen molar-refractivity contribution in [1.82, 2.24) is 4.57 Å². The van der Waals surface area contributed by atoms with Crippen LogP contribution in [-0.2, 0) is 27.1 Å². The smallest absolute Gasteiger partial charge is 0.308 e. The molecular weight excluding hydrogens is 338 g/mol. The third kappa shape index (κ3) is 3.15. The van der Waals surface area contributed by atoms with Gasteiger partial charge in [0.2, 0.25) is 0 Å². The number of hydrogen-bond donors (Lipinski definition) is 0. The van der Waals surface area contributed by atoms with Gasteiger partial charge in [-0.05, 0) is 43.0 Å². The lowest BCUT2D eigenvalue weighted by atomic mass is 9.99.